The van der Waals surface area contributed by atoms with Crippen LogP contribution in [0.2, 0.25) is 0 Å². The molecule has 0 aliphatic carbocycles. The summed E-state index contributed by atoms with van der Waals surface area (Å²) in [4.78, 5) is 11.6. The maximum Gasteiger partial charge on any atom is 0.415 e. The van der Waals surface area contributed by atoms with Gasteiger partial charge in [-0.05, 0) is 25.5 Å². The summed E-state index contributed by atoms with van der Waals surface area (Å²) in [6, 6.07) is 6.30. The van der Waals surface area contributed by atoms with Crippen molar-refractivity contribution in [2.45, 2.75) is 25.6 Å². The van der Waals surface area contributed by atoms with Gasteiger partial charge in [0.2, 0.25) is 0 Å². The van der Waals surface area contributed by atoms with Gasteiger partial charge in [0.05, 0.1) is 11.3 Å². The van der Waals surface area contributed by atoms with Gasteiger partial charge in [-0.1, -0.05) is 12.1 Å². The summed E-state index contributed by atoms with van der Waals surface area (Å²) in [7, 11) is 0. The Morgan fingerprint density at radius 2 is 2.00 bits per heavy atom. The normalized spacial score (nSPS) is 14.4. The number of nitrogens with zero attached hydrogens (tertiary/aromatic N) is 1. The van der Waals surface area contributed by atoms with E-state index in [-0.39, 0.29) is 11.3 Å². The van der Waals surface area contributed by atoms with E-state index in [1.165, 1.54) is 12.1 Å². The molecule has 0 heterocycles. The third kappa shape index (κ3) is 2.85. The molecular formula is C12H12F3N3O. The van der Waals surface area contributed by atoms with E-state index in [9.17, 15) is 18.0 Å². The van der Waals surface area contributed by atoms with E-state index >= 15 is 0 Å². The van der Waals surface area contributed by atoms with Crippen molar-refractivity contribution in [2.75, 3.05) is 5.32 Å². The van der Waals surface area contributed by atoms with Crippen LogP contribution in [0.5, 0.6) is 0 Å². The van der Waals surface area contributed by atoms with Gasteiger partial charge in [0.15, 0.2) is 5.54 Å². The van der Waals surface area contributed by atoms with Crippen LogP contribution in [0, 0.1) is 18.3 Å². The zero-order chi connectivity index (χ0) is 14.8. The Balaban J connectivity index is 3.09. The Morgan fingerprint density at radius 1 is 1.42 bits per heavy atom. The number of hydrogen-bond donors (Lipinski definition) is 2. The number of anilines is 1. The Kier molecular flexibility index (Phi) is 3.86. The number of alkyl halides is 3. The first kappa shape index (κ1) is 15.0. The molecule has 19 heavy (non-hydrogen) atoms. The molecule has 0 fully saturated rings. The molecule has 0 saturated carbocycles. The number of hydrogen-bond acceptors (Lipinski definition) is 3. The Labute approximate surface area is 108 Å². The lowest BCUT2D eigenvalue weighted by molar-refractivity contribution is -0.184. The molecule has 102 valence electrons. The van der Waals surface area contributed by atoms with Crippen molar-refractivity contribution < 1.29 is 18.0 Å². The van der Waals surface area contributed by atoms with Crippen LogP contribution in [0.15, 0.2) is 18.2 Å². The van der Waals surface area contributed by atoms with Crippen molar-refractivity contribution >= 4 is 11.6 Å². The molecule has 1 atom stereocenters. The third-order valence-corrected chi connectivity index (χ3v) is 2.69. The molecule has 3 N–H and O–H groups in total. The van der Waals surface area contributed by atoms with E-state index in [1.807, 2.05) is 11.4 Å². The summed E-state index contributed by atoms with van der Waals surface area (Å²) in [6.45, 7) is 2.18. The van der Waals surface area contributed by atoms with Crippen LogP contribution in [-0.2, 0) is 4.79 Å². The van der Waals surface area contributed by atoms with Gasteiger partial charge < -0.3 is 11.1 Å². The molecule has 0 aliphatic heterocycles. The van der Waals surface area contributed by atoms with Crippen LogP contribution in [0.4, 0.5) is 18.9 Å². The van der Waals surface area contributed by atoms with E-state index in [4.69, 9.17) is 11.0 Å². The fourth-order valence-electron chi connectivity index (χ4n) is 1.30. The third-order valence-electron chi connectivity index (χ3n) is 2.69. The summed E-state index contributed by atoms with van der Waals surface area (Å²) >= 11 is 0. The van der Waals surface area contributed by atoms with Gasteiger partial charge in [0.1, 0.15) is 6.07 Å². The Morgan fingerprint density at radius 3 is 2.47 bits per heavy atom. The molecule has 1 aromatic carbocycles. The van der Waals surface area contributed by atoms with Crippen molar-refractivity contribution in [3.8, 4) is 6.07 Å². The molecule has 0 aromatic heterocycles. The highest BCUT2D eigenvalue weighted by Gasteiger charge is 2.54. The minimum atomic E-state index is -4.88. The predicted octanol–water partition coefficient (Wildman–Crippen LogP) is 2.08. The SMILES string of the molecule is Cc1cccc(NC(=O)C(C)(N)C(F)(F)F)c1C#N. The molecule has 1 unspecified atom stereocenters. The molecule has 7 heteroatoms. The largest absolute Gasteiger partial charge is 0.415 e. The number of amides is 1. The van der Waals surface area contributed by atoms with Crippen LogP contribution in [0.25, 0.3) is 0 Å². The van der Waals surface area contributed by atoms with Gasteiger partial charge in [0, 0.05) is 0 Å². The van der Waals surface area contributed by atoms with E-state index in [0.29, 0.717) is 12.5 Å². The molecule has 0 spiro atoms. The van der Waals surface area contributed by atoms with Crippen molar-refractivity contribution in [3.05, 3.63) is 29.3 Å². The average Bonchev–Trinajstić information content (AvgIpc) is 2.27. The van der Waals surface area contributed by atoms with Crippen LogP contribution >= 0.6 is 0 Å². The van der Waals surface area contributed by atoms with Gasteiger partial charge >= 0.3 is 6.18 Å². The number of aryl methyl sites for hydroxylation is 1. The Bertz CT molecular complexity index is 544. The first-order chi connectivity index (χ1) is 8.61. The zero-order valence-corrected chi connectivity index (χ0v) is 10.3. The number of nitrogens with two attached hydrogens (primary N) is 1. The summed E-state index contributed by atoms with van der Waals surface area (Å²) in [5, 5.41) is 11.0. The number of halogens is 3. The van der Waals surface area contributed by atoms with E-state index in [2.05, 4.69) is 0 Å². The lowest BCUT2D eigenvalue weighted by atomic mass is 10.0. The van der Waals surface area contributed by atoms with Crippen molar-refractivity contribution in [1.29, 1.82) is 5.26 Å². The predicted molar refractivity (Wildman–Crippen MR) is 63.2 cm³/mol. The maximum atomic E-state index is 12.6. The summed E-state index contributed by atoms with van der Waals surface area (Å²) < 4.78 is 37.8. The van der Waals surface area contributed by atoms with Gasteiger partial charge in [-0.25, -0.2) is 0 Å². The van der Waals surface area contributed by atoms with Crippen LogP contribution in [0.3, 0.4) is 0 Å². The van der Waals surface area contributed by atoms with Gasteiger partial charge in [0.25, 0.3) is 5.91 Å². The van der Waals surface area contributed by atoms with E-state index < -0.39 is 17.6 Å². The fraction of sp³-hybridized carbons (Fsp3) is 0.333. The first-order valence-corrected chi connectivity index (χ1v) is 5.28. The standard InChI is InChI=1S/C12H12F3N3O/c1-7-4-3-5-9(8(7)6-16)18-10(19)11(2,17)12(13,14)15/h3-5H,17H2,1-2H3,(H,18,19). The van der Waals surface area contributed by atoms with Crippen molar-refractivity contribution in [3.63, 3.8) is 0 Å². The second kappa shape index (κ2) is 4.90. The average molecular weight is 271 g/mol. The molecule has 1 rings (SSSR count). The van der Waals surface area contributed by atoms with E-state index in [0.717, 1.165) is 0 Å². The summed E-state index contributed by atoms with van der Waals surface area (Å²) in [5.41, 5.74) is 2.63. The molecule has 0 bridgehead atoms. The summed E-state index contributed by atoms with van der Waals surface area (Å²) in [5.74, 6) is -1.41. The van der Waals surface area contributed by atoms with Gasteiger partial charge in [-0.2, -0.15) is 18.4 Å². The zero-order valence-electron chi connectivity index (χ0n) is 10.3. The highest BCUT2D eigenvalue weighted by Crippen LogP contribution is 2.29. The minimum absolute atomic E-state index is 0.00780. The number of carbonyl (C=O) groups is 1. The second-order valence-electron chi connectivity index (χ2n) is 4.26. The van der Waals surface area contributed by atoms with Crippen LogP contribution < -0.4 is 11.1 Å². The lowest BCUT2D eigenvalue weighted by Gasteiger charge is -2.26. The highest BCUT2D eigenvalue weighted by molar-refractivity contribution is 5.99. The van der Waals surface area contributed by atoms with Gasteiger partial charge in [-0.3, -0.25) is 4.79 Å². The Hall–Kier alpha value is -2.07. The minimum Gasteiger partial charge on any atom is -0.323 e. The molecule has 0 saturated heterocycles. The lowest BCUT2D eigenvalue weighted by Crippen LogP contribution is -2.59. The number of nitrogens with one attached hydrogen (secondary N) is 1. The van der Waals surface area contributed by atoms with Crippen LogP contribution in [0.1, 0.15) is 18.1 Å². The number of rotatable bonds is 2. The highest BCUT2D eigenvalue weighted by atomic mass is 19.4. The topological polar surface area (TPSA) is 78.9 Å². The maximum absolute atomic E-state index is 12.6. The molecule has 0 aliphatic rings. The quantitative estimate of drug-likeness (QED) is 0.864. The van der Waals surface area contributed by atoms with Crippen molar-refractivity contribution in [1.82, 2.24) is 0 Å². The fourth-order valence-corrected chi connectivity index (χ4v) is 1.30. The summed E-state index contributed by atoms with van der Waals surface area (Å²) in [6.07, 6.45) is -4.88. The molecule has 4 nitrogen and oxygen atoms in total. The van der Waals surface area contributed by atoms with Gasteiger partial charge in [-0.15, -0.1) is 0 Å². The first-order valence-electron chi connectivity index (χ1n) is 5.28. The smallest absolute Gasteiger partial charge is 0.323 e. The molecule has 1 amide bonds. The number of benzene rings is 1. The van der Waals surface area contributed by atoms with Crippen LogP contribution in [-0.4, -0.2) is 17.6 Å². The molecule has 1 aromatic rings. The molecular weight excluding hydrogens is 259 g/mol. The second-order valence-corrected chi connectivity index (χ2v) is 4.26. The van der Waals surface area contributed by atoms with Crippen molar-refractivity contribution in [2.24, 2.45) is 5.73 Å². The number of nitriles is 1. The number of carbonyl (C=O) groups excluding carboxylic acids is 1. The molecule has 0 radical (unpaired) electrons. The van der Waals surface area contributed by atoms with E-state index in [1.54, 1.807) is 13.0 Å². The monoisotopic (exact) mass is 271 g/mol.